The summed E-state index contributed by atoms with van der Waals surface area (Å²) in [5, 5.41) is 8.78. The maximum Gasteiger partial charge on any atom is 0.354 e. The second-order valence-electron chi connectivity index (χ2n) is 4.04. The molecule has 0 bridgehead atoms. The summed E-state index contributed by atoms with van der Waals surface area (Å²) in [4.78, 5) is 14.5. The third kappa shape index (κ3) is 1.23. The van der Waals surface area contributed by atoms with E-state index in [2.05, 4.69) is 4.98 Å². The molecule has 0 unspecified atom stereocenters. The zero-order chi connectivity index (χ0) is 10.3. The zero-order valence-electron chi connectivity index (χ0n) is 8.07. The lowest BCUT2D eigenvalue weighted by atomic mass is 9.87. The molecule has 1 aliphatic heterocycles. The molecule has 2 rings (SSSR count). The van der Waals surface area contributed by atoms with Gasteiger partial charge in [0.15, 0.2) is 0 Å². The number of fused-ring (bicyclic) bond motifs is 1. The summed E-state index contributed by atoms with van der Waals surface area (Å²) in [6, 6.07) is 1.59. The Labute approximate surface area is 81.5 Å². The third-order valence-corrected chi connectivity index (χ3v) is 2.40. The molecule has 4 nitrogen and oxygen atoms in total. The molecule has 0 atom stereocenters. The Morgan fingerprint density at radius 2 is 2.36 bits per heavy atom. The summed E-state index contributed by atoms with van der Waals surface area (Å²) in [6.45, 7) is 4.61. The molecule has 0 aromatic carbocycles. The fourth-order valence-electron chi connectivity index (χ4n) is 1.54. The van der Waals surface area contributed by atoms with Crippen LogP contribution >= 0.6 is 0 Å². The van der Waals surface area contributed by atoms with E-state index >= 15 is 0 Å². The molecule has 0 saturated heterocycles. The van der Waals surface area contributed by atoms with Crippen LogP contribution < -0.4 is 4.74 Å². The molecule has 1 aromatic heterocycles. The molecule has 2 heterocycles. The average Bonchev–Trinajstić information content (AvgIpc) is 2.42. The van der Waals surface area contributed by atoms with Crippen molar-refractivity contribution in [3.63, 3.8) is 0 Å². The van der Waals surface area contributed by atoms with Gasteiger partial charge in [0.05, 0.1) is 12.8 Å². The highest BCUT2D eigenvalue weighted by Gasteiger charge is 2.32. The number of rotatable bonds is 1. The highest BCUT2D eigenvalue weighted by Crippen LogP contribution is 2.37. The highest BCUT2D eigenvalue weighted by molar-refractivity contribution is 5.85. The monoisotopic (exact) mass is 193 g/mol. The van der Waals surface area contributed by atoms with Gasteiger partial charge in [0.2, 0.25) is 0 Å². The maximum atomic E-state index is 10.7. The smallest absolute Gasteiger partial charge is 0.354 e. The predicted octanol–water partition coefficient (Wildman–Crippen LogP) is 1.45. The number of carbonyl (C=O) groups is 1. The fourth-order valence-corrected chi connectivity index (χ4v) is 1.54. The topological polar surface area (TPSA) is 59.4 Å². The summed E-state index contributed by atoms with van der Waals surface area (Å²) >= 11 is 0. The number of carboxylic acid groups (broad SMARTS) is 1. The average molecular weight is 193 g/mol. The second-order valence-corrected chi connectivity index (χ2v) is 4.04. The van der Waals surface area contributed by atoms with Crippen molar-refractivity contribution >= 4 is 5.97 Å². The summed E-state index contributed by atoms with van der Waals surface area (Å²) < 4.78 is 5.39. The summed E-state index contributed by atoms with van der Waals surface area (Å²) in [5.74, 6) is -0.310. The van der Waals surface area contributed by atoms with Crippen molar-refractivity contribution in [3.05, 3.63) is 23.5 Å². The van der Waals surface area contributed by atoms with Crippen LogP contribution in [0.1, 0.15) is 29.9 Å². The van der Waals surface area contributed by atoms with Crippen LogP contribution in [0.3, 0.4) is 0 Å². The summed E-state index contributed by atoms with van der Waals surface area (Å²) in [6.07, 6.45) is 1.48. The van der Waals surface area contributed by atoms with Gasteiger partial charge in [-0.3, -0.25) is 0 Å². The minimum atomic E-state index is -1.00. The largest absolute Gasteiger partial charge is 0.491 e. The fraction of sp³-hybridized carbons (Fsp3) is 0.400. The van der Waals surface area contributed by atoms with E-state index in [0.29, 0.717) is 12.4 Å². The molecule has 0 fully saturated rings. The Morgan fingerprint density at radius 1 is 1.64 bits per heavy atom. The quantitative estimate of drug-likeness (QED) is 0.733. The molecule has 1 aliphatic rings. The van der Waals surface area contributed by atoms with E-state index in [9.17, 15) is 4.79 Å². The Kier molecular flexibility index (Phi) is 1.74. The van der Waals surface area contributed by atoms with Gasteiger partial charge >= 0.3 is 5.97 Å². The molecular weight excluding hydrogens is 182 g/mol. The number of hydrogen-bond donors (Lipinski definition) is 1. The lowest BCUT2D eigenvalue weighted by Gasteiger charge is -2.14. The van der Waals surface area contributed by atoms with E-state index in [-0.39, 0.29) is 11.1 Å². The van der Waals surface area contributed by atoms with Crippen molar-refractivity contribution in [2.75, 3.05) is 6.61 Å². The van der Waals surface area contributed by atoms with Crippen LogP contribution in [0.25, 0.3) is 0 Å². The van der Waals surface area contributed by atoms with Crippen LogP contribution in [-0.4, -0.2) is 22.7 Å². The number of aromatic carboxylic acids is 1. The first-order valence-corrected chi connectivity index (χ1v) is 4.37. The number of hydrogen-bond acceptors (Lipinski definition) is 3. The maximum absolute atomic E-state index is 10.7. The lowest BCUT2D eigenvalue weighted by molar-refractivity contribution is 0.0690. The Morgan fingerprint density at radius 3 is 3.00 bits per heavy atom. The van der Waals surface area contributed by atoms with E-state index < -0.39 is 5.97 Å². The highest BCUT2D eigenvalue weighted by atomic mass is 16.5. The van der Waals surface area contributed by atoms with Gasteiger partial charge in [0.1, 0.15) is 11.4 Å². The molecule has 0 saturated carbocycles. The molecule has 0 aliphatic carbocycles. The van der Waals surface area contributed by atoms with Gasteiger partial charge in [-0.2, -0.15) is 0 Å². The van der Waals surface area contributed by atoms with Crippen LogP contribution in [0, 0.1) is 0 Å². The Bertz CT molecular complexity index is 398. The van der Waals surface area contributed by atoms with Gasteiger partial charge in [-0.25, -0.2) is 9.78 Å². The van der Waals surface area contributed by atoms with Crippen molar-refractivity contribution in [1.82, 2.24) is 4.98 Å². The van der Waals surface area contributed by atoms with E-state index in [1.807, 2.05) is 13.8 Å². The van der Waals surface area contributed by atoms with Gasteiger partial charge in [0, 0.05) is 11.0 Å². The number of pyridine rings is 1. The van der Waals surface area contributed by atoms with Crippen LogP contribution in [0.15, 0.2) is 12.3 Å². The van der Waals surface area contributed by atoms with Crippen molar-refractivity contribution in [1.29, 1.82) is 0 Å². The summed E-state index contributed by atoms with van der Waals surface area (Å²) in [7, 11) is 0. The van der Waals surface area contributed by atoms with Crippen LogP contribution in [-0.2, 0) is 5.41 Å². The normalized spacial score (nSPS) is 17.3. The first-order valence-electron chi connectivity index (χ1n) is 4.37. The van der Waals surface area contributed by atoms with Crippen LogP contribution in [0.2, 0.25) is 0 Å². The van der Waals surface area contributed by atoms with Gasteiger partial charge in [-0.05, 0) is 6.07 Å². The Balaban J connectivity index is 2.53. The SMILES string of the molecule is CC1(C)COc2cnc(C(=O)O)cc21. The Hall–Kier alpha value is -1.58. The van der Waals surface area contributed by atoms with Crippen molar-refractivity contribution in [2.45, 2.75) is 19.3 Å². The molecular formula is C10H11NO3. The molecule has 0 radical (unpaired) electrons. The molecule has 1 N–H and O–H groups in total. The standard InChI is InChI=1S/C10H11NO3/c1-10(2)5-14-8-4-11-7(9(12)13)3-6(8)10/h3-4H,5H2,1-2H3,(H,12,13). The number of carboxylic acids is 1. The lowest BCUT2D eigenvalue weighted by Crippen LogP contribution is -2.18. The van der Waals surface area contributed by atoms with Gasteiger partial charge < -0.3 is 9.84 Å². The number of ether oxygens (including phenoxy) is 1. The molecule has 0 spiro atoms. The summed E-state index contributed by atoms with van der Waals surface area (Å²) in [5.41, 5.74) is 0.870. The van der Waals surface area contributed by atoms with Crippen molar-refractivity contribution < 1.29 is 14.6 Å². The first kappa shape index (κ1) is 8.99. The molecule has 74 valence electrons. The minimum absolute atomic E-state index is 0.0716. The van der Waals surface area contributed by atoms with Crippen LogP contribution in [0.4, 0.5) is 0 Å². The van der Waals surface area contributed by atoms with E-state index in [0.717, 1.165) is 5.56 Å². The van der Waals surface area contributed by atoms with E-state index in [1.165, 1.54) is 6.20 Å². The van der Waals surface area contributed by atoms with Gasteiger partial charge in [-0.15, -0.1) is 0 Å². The van der Waals surface area contributed by atoms with E-state index in [4.69, 9.17) is 9.84 Å². The zero-order valence-corrected chi connectivity index (χ0v) is 8.07. The molecule has 1 aromatic rings. The third-order valence-electron chi connectivity index (χ3n) is 2.40. The van der Waals surface area contributed by atoms with Gasteiger partial charge in [-0.1, -0.05) is 13.8 Å². The molecule has 0 amide bonds. The minimum Gasteiger partial charge on any atom is -0.491 e. The van der Waals surface area contributed by atoms with Gasteiger partial charge in [0.25, 0.3) is 0 Å². The predicted molar refractivity (Wildman–Crippen MR) is 49.7 cm³/mol. The van der Waals surface area contributed by atoms with Crippen molar-refractivity contribution in [2.24, 2.45) is 0 Å². The van der Waals surface area contributed by atoms with Crippen molar-refractivity contribution in [3.8, 4) is 5.75 Å². The number of nitrogens with zero attached hydrogens (tertiary/aromatic N) is 1. The number of aromatic nitrogens is 1. The van der Waals surface area contributed by atoms with Crippen LogP contribution in [0.5, 0.6) is 5.75 Å². The first-order chi connectivity index (χ1) is 6.50. The second kappa shape index (κ2) is 2.70. The molecule has 4 heteroatoms. The molecule has 14 heavy (non-hydrogen) atoms. The van der Waals surface area contributed by atoms with E-state index in [1.54, 1.807) is 6.07 Å².